The van der Waals surface area contributed by atoms with Crippen LogP contribution in [0.3, 0.4) is 0 Å². The Kier molecular flexibility index (Phi) is 6.25. The number of amides is 3. The fourth-order valence-corrected chi connectivity index (χ4v) is 4.26. The summed E-state index contributed by atoms with van der Waals surface area (Å²) in [6.07, 6.45) is 3.51. The molecule has 0 spiro atoms. The number of carbonyl (C=O) groups is 2. The molecule has 1 N–H and O–H groups in total. The second-order valence-corrected chi connectivity index (χ2v) is 8.84. The summed E-state index contributed by atoms with van der Waals surface area (Å²) in [4.78, 5) is 34.0. The van der Waals surface area contributed by atoms with Gasteiger partial charge in [0.1, 0.15) is 0 Å². The molecular weight excluding hydrogens is 394 g/mol. The molecule has 166 valence electrons. The third-order valence-electron chi connectivity index (χ3n) is 6.22. The fourth-order valence-electron chi connectivity index (χ4n) is 4.26. The molecule has 1 aromatic carbocycles. The van der Waals surface area contributed by atoms with Crippen molar-refractivity contribution in [2.45, 2.75) is 52.4 Å². The first kappa shape index (κ1) is 21.3. The van der Waals surface area contributed by atoms with Crippen LogP contribution in [0.4, 0.5) is 10.5 Å². The number of urea groups is 1. The van der Waals surface area contributed by atoms with E-state index in [9.17, 15) is 9.59 Å². The number of rotatable bonds is 4. The summed E-state index contributed by atoms with van der Waals surface area (Å²) in [5.41, 5.74) is 2.38. The Morgan fingerprint density at radius 1 is 1.10 bits per heavy atom. The van der Waals surface area contributed by atoms with Crippen LogP contribution in [0.1, 0.15) is 56.8 Å². The van der Waals surface area contributed by atoms with Gasteiger partial charge < -0.3 is 19.6 Å². The van der Waals surface area contributed by atoms with Gasteiger partial charge in [-0.05, 0) is 44.2 Å². The zero-order valence-electron chi connectivity index (χ0n) is 18.6. The van der Waals surface area contributed by atoms with Crippen LogP contribution in [-0.4, -0.2) is 58.1 Å². The summed E-state index contributed by atoms with van der Waals surface area (Å²) in [6.45, 7) is 8.91. The average Bonchev–Trinajstić information content (AvgIpc) is 3.47. The van der Waals surface area contributed by atoms with Crippen LogP contribution in [0.2, 0.25) is 0 Å². The van der Waals surface area contributed by atoms with Gasteiger partial charge in [0.05, 0.1) is 11.3 Å². The number of likely N-dealkylation sites (tertiary alicyclic amines) is 2. The Morgan fingerprint density at radius 3 is 2.42 bits per heavy atom. The van der Waals surface area contributed by atoms with Crippen molar-refractivity contribution in [3.63, 3.8) is 0 Å². The molecule has 0 radical (unpaired) electrons. The van der Waals surface area contributed by atoms with Gasteiger partial charge in [0.2, 0.25) is 5.91 Å². The lowest BCUT2D eigenvalue weighted by atomic mass is 9.95. The third kappa shape index (κ3) is 4.57. The van der Waals surface area contributed by atoms with Gasteiger partial charge in [-0.25, -0.2) is 4.79 Å². The molecular formula is C23H31N5O3. The SMILES string of the molecule is Cc1cccc(-c2nc(C(C)C)no2)c1NC(=O)C1CCN(C(=O)N2CCCC2)CC1. The Bertz CT molecular complexity index is 940. The van der Waals surface area contributed by atoms with Gasteiger partial charge in [-0.3, -0.25) is 4.79 Å². The summed E-state index contributed by atoms with van der Waals surface area (Å²) in [6, 6.07) is 5.88. The van der Waals surface area contributed by atoms with Crippen molar-refractivity contribution in [2.75, 3.05) is 31.5 Å². The van der Waals surface area contributed by atoms with E-state index in [0.717, 1.165) is 37.1 Å². The highest BCUT2D eigenvalue weighted by Crippen LogP contribution is 2.32. The summed E-state index contributed by atoms with van der Waals surface area (Å²) >= 11 is 0. The molecule has 3 heterocycles. The van der Waals surface area contributed by atoms with Gasteiger partial charge in [-0.2, -0.15) is 4.98 Å². The molecule has 1 aromatic heterocycles. The first-order chi connectivity index (χ1) is 14.9. The second-order valence-electron chi connectivity index (χ2n) is 8.84. The number of nitrogens with zero attached hydrogens (tertiary/aromatic N) is 4. The van der Waals surface area contributed by atoms with E-state index in [1.807, 2.05) is 48.8 Å². The molecule has 0 saturated carbocycles. The summed E-state index contributed by atoms with van der Waals surface area (Å²) < 4.78 is 5.46. The molecule has 0 bridgehead atoms. The van der Waals surface area contributed by atoms with Crippen LogP contribution in [0.15, 0.2) is 22.7 Å². The van der Waals surface area contributed by atoms with E-state index in [2.05, 4.69) is 15.5 Å². The van der Waals surface area contributed by atoms with Crippen LogP contribution in [0.25, 0.3) is 11.5 Å². The van der Waals surface area contributed by atoms with Gasteiger partial charge in [-0.1, -0.05) is 31.1 Å². The maximum atomic E-state index is 13.1. The maximum Gasteiger partial charge on any atom is 0.319 e. The average molecular weight is 426 g/mol. The number of aryl methyl sites for hydroxylation is 1. The van der Waals surface area contributed by atoms with E-state index in [0.29, 0.717) is 43.3 Å². The van der Waals surface area contributed by atoms with Crippen LogP contribution in [0.5, 0.6) is 0 Å². The first-order valence-electron chi connectivity index (χ1n) is 11.2. The molecule has 8 heteroatoms. The number of anilines is 1. The Hall–Kier alpha value is -2.90. The number of aromatic nitrogens is 2. The monoisotopic (exact) mass is 425 g/mol. The second kappa shape index (κ2) is 9.08. The fraction of sp³-hybridized carbons (Fsp3) is 0.565. The minimum Gasteiger partial charge on any atom is -0.334 e. The van der Waals surface area contributed by atoms with Crippen molar-refractivity contribution in [3.8, 4) is 11.5 Å². The van der Waals surface area contributed by atoms with E-state index in [4.69, 9.17) is 4.52 Å². The summed E-state index contributed by atoms with van der Waals surface area (Å²) in [7, 11) is 0. The summed E-state index contributed by atoms with van der Waals surface area (Å²) in [5, 5.41) is 7.15. The molecule has 4 rings (SSSR count). The summed E-state index contributed by atoms with van der Waals surface area (Å²) in [5.74, 6) is 1.07. The van der Waals surface area contributed by atoms with Crippen LogP contribution in [0, 0.1) is 12.8 Å². The predicted molar refractivity (Wildman–Crippen MR) is 118 cm³/mol. The van der Waals surface area contributed by atoms with Gasteiger partial charge >= 0.3 is 6.03 Å². The Labute approximate surface area is 183 Å². The first-order valence-corrected chi connectivity index (χ1v) is 11.2. The molecule has 2 aliphatic heterocycles. The molecule has 2 saturated heterocycles. The molecule has 2 aromatic rings. The van der Waals surface area contributed by atoms with E-state index in [1.54, 1.807) is 0 Å². The maximum absolute atomic E-state index is 13.1. The molecule has 3 amide bonds. The third-order valence-corrected chi connectivity index (χ3v) is 6.22. The number of para-hydroxylation sites is 1. The normalized spacial score (nSPS) is 17.4. The minimum absolute atomic E-state index is 0.0209. The number of piperidine rings is 1. The molecule has 31 heavy (non-hydrogen) atoms. The Balaban J connectivity index is 1.42. The molecule has 0 atom stereocenters. The molecule has 2 fully saturated rings. The van der Waals surface area contributed by atoms with Crippen molar-refractivity contribution >= 4 is 17.6 Å². The lowest BCUT2D eigenvalue weighted by Crippen LogP contribution is -2.47. The van der Waals surface area contributed by atoms with Crippen molar-refractivity contribution in [3.05, 3.63) is 29.6 Å². The van der Waals surface area contributed by atoms with Crippen LogP contribution in [-0.2, 0) is 4.79 Å². The number of benzene rings is 1. The largest absolute Gasteiger partial charge is 0.334 e. The standard InChI is InChI=1S/C23H31N5O3/c1-15(2)20-25-22(31-26-20)18-8-6-7-16(3)19(18)24-21(29)17-9-13-28(14-10-17)23(30)27-11-4-5-12-27/h6-8,15,17H,4-5,9-14H2,1-3H3,(H,24,29). The minimum atomic E-state index is -0.121. The predicted octanol–water partition coefficient (Wildman–Crippen LogP) is 4.03. The quantitative estimate of drug-likeness (QED) is 0.798. The van der Waals surface area contributed by atoms with Gasteiger partial charge in [0, 0.05) is 38.0 Å². The molecule has 0 aliphatic carbocycles. The van der Waals surface area contributed by atoms with Gasteiger partial charge in [0.25, 0.3) is 5.89 Å². The zero-order chi connectivity index (χ0) is 22.0. The van der Waals surface area contributed by atoms with E-state index in [1.165, 1.54) is 0 Å². The highest BCUT2D eigenvalue weighted by atomic mass is 16.5. The number of nitrogens with one attached hydrogen (secondary N) is 1. The zero-order valence-corrected chi connectivity index (χ0v) is 18.6. The van der Waals surface area contributed by atoms with E-state index < -0.39 is 0 Å². The van der Waals surface area contributed by atoms with Gasteiger partial charge in [0.15, 0.2) is 5.82 Å². The smallest absolute Gasteiger partial charge is 0.319 e. The Morgan fingerprint density at radius 2 is 1.77 bits per heavy atom. The lowest BCUT2D eigenvalue weighted by molar-refractivity contribution is -0.121. The number of carbonyl (C=O) groups excluding carboxylic acids is 2. The van der Waals surface area contributed by atoms with Crippen molar-refractivity contribution in [1.82, 2.24) is 19.9 Å². The molecule has 8 nitrogen and oxygen atoms in total. The van der Waals surface area contributed by atoms with Crippen molar-refractivity contribution in [1.29, 1.82) is 0 Å². The van der Waals surface area contributed by atoms with Gasteiger partial charge in [-0.15, -0.1) is 0 Å². The lowest BCUT2D eigenvalue weighted by Gasteiger charge is -2.34. The molecule has 0 unspecified atom stereocenters. The number of hydrogen-bond acceptors (Lipinski definition) is 5. The van der Waals surface area contributed by atoms with E-state index >= 15 is 0 Å². The van der Waals surface area contributed by atoms with Crippen molar-refractivity contribution in [2.24, 2.45) is 5.92 Å². The topological polar surface area (TPSA) is 91.6 Å². The highest BCUT2D eigenvalue weighted by molar-refractivity contribution is 5.97. The number of hydrogen-bond donors (Lipinski definition) is 1. The van der Waals surface area contributed by atoms with Crippen molar-refractivity contribution < 1.29 is 14.1 Å². The van der Waals surface area contributed by atoms with E-state index in [-0.39, 0.29) is 23.8 Å². The molecule has 2 aliphatic rings. The highest BCUT2D eigenvalue weighted by Gasteiger charge is 2.31. The van der Waals surface area contributed by atoms with Crippen LogP contribution < -0.4 is 5.32 Å². The van der Waals surface area contributed by atoms with Crippen LogP contribution >= 0.6 is 0 Å².